The quantitative estimate of drug-likeness (QED) is 0.437. The zero-order valence-electron chi connectivity index (χ0n) is 13.7. The SMILES string of the molecule is O=[N+]([O-])c1ccc(NCc2ccccc2-n2cccn2)c2ccncc12. The molecule has 2 aromatic heterocycles. The highest BCUT2D eigenvalue weighted by Crippen LogP contribution is 2.31. The highest BCUT2D eigenvalue weighted by atomic mass is 16.6. The van der Waals surface area contributed by atoms with Crippen molar-refractivity contribution in [3.05, 3.63) is 89.0 Å². The first-order valence-electron chi connectivity index (χ1n) is 8.07. The van der Waals surface area contributed by atoms with Gasteiger partial charge in [-0.1, -0.05) is 18.2 Å². The van der Waals surface area contributed by atoms with Crippen molar-refractivity contribution in [3.8, 4) is 5.69 Å². The first kappa shape index (κ1) is 15.8. The molecule has 4 rings (SSSR count). The molecule has 0 atom stereocenters. The summed E-state index contributed by atoms with van der Waals surface area (Å²) in [6.07, 6.45) is 6.79. The first-order valence-corrected chi connectivity index (χ1v) is 8.07. The van der Waals surface area contributed by atoms with E-state index in [1.807, 2.05) is 41.2 Å². The predicted octanol–water partition coefficient (Wildman–Crippen LogP) is 3.94. The number of aromatic nitrogens is 3. The standard InChI is InChI=1S/C19H15N5O2/c25-24(26)19-7-6-17(15-8-10-20-13-16(15)19)21-12-14-4-1-2-5-18(14)23-11-3-9-22-23/h1-11,13,21H,12H2. The smallest absolute Gasteiger partial charge is 0.278 e. The van der Waals surface area contributed by atoms with Gasteiger partial charge in [-0.15, -0.1) is 0 Å². The fourth-order valence-electron chi connectivity index (χ4n) is 2.97. The molecule has 26 heavy (non-hydrogen) atoms. The van der Waals surface area contributed by atoms with Gasteiger partial charge in [-0.3, -0.25) is 15.1 Å². The van der Waals surface area contributed by atoms with Crippen LogP contribution in [0.4, 0.5) is 11.4 Å². The molecule has 4 aromatic rings. The van der Waals surface area contributed by atoms with Crippen LogP contribution in [0, 0.1) is 10.1 Å². The summed E-state index contributed by atoms with van der Waals surface area (Å²) in [4.78, 5) is 14.9. The molecule has 0 unspecified atom stereocenters. The zero-order chi connectivity index (χ0) is 17.9. The Hall–Kier alpha value is -3.74. The molecule has 0 saturated heterocycles. The van der Waals surface area contributed by atoms with E-state index in [-0.39, 0.29) is 10.6 Å². The van der Waals surface area contributed by atoms with Crippen molar-refractivity contribution >= 4 is 22.1 Å². The average molecular weight is 345 g/mol. The van der Waals surface area contributed by atoms with E-state index in [0.29, 0.717) is 11.9 Å². The average Bonchev–Trinajstić information content (AvgIpc) is 3.20. The Labute approximate surface area is 149 Å². The van der Waals surface area contributed by atoms with Gasteiger partial charge in [0.25, 0.3) is 5.69 Å². The molecule has 7 nitrogen and oxygen atoms in total. The van der Waals surface area contributed by atoms with E-state index in [2.05, 4.69) is 15.4 Å². The topological polar surface area (TPSA) is 85.9 Å². The third-order valence-corrected chi connectivity index (χ3v) is 4.20. The van der Waals surface area contributed by atoms with Crippen molar-refractivity contribution in [1.29, 1.82) is 0 Å². The van der Waals surface area contributed by atoms with Gasteiger partial charge in [-0.05, 0) is 29.8 Å². The number of nitrogens with one attached hydrogen (secondary N) is 1. The maximum absolute atomic E-state index is 11.2. The predicted molar refractivity (Wildman–Crippen MR) is 99.3 cm³/mol. The maximum atomic E-state index is 11.2. The summed E-state index contributed by atoms with van der Waals surface area (Å²) in [5, 5.41) is 20.2. The van der Waals surface area contributed by atoms with Crippen LogP contribution in [0.15, 0.2) is 73.3 Å². The summed E-state index contributed by atoms with van der Waals surface area (Å²) in [6, 6.07) is 14.9. The van der Waals surface area contributed by atoms with Gasteiger partial charge in [0.1, 0.15) is 0 Å². The highest BCUT2D eigenvalue weighted by molar-refractivity contribution is 5.99. The van der Waals surface area contributed by atoms with Gasteiger partial charge in [0.05, 0.1) is 16.0 Å². The lowest BCUT2D eigenvalue weighted by Gasteiger charge is -2.13. The van der Waals surface area contributed by atoms with Crippen molar-refractivity contribution in [1.82, 2.24) is 14.8 Å². The Kier molecular flexibility index (Phi) is 4.03. The summed E-state index contributed by atoms with van der Waals surface area (Å²) < 4.78 is 1.81. The van der Waals surface area contributed by atoms with Crippen LogP contribution in [-0.2, 0) is 6.54 Å². The van der Waals surface area contributed by atoms with Crippen LogP contribution in [0.2, 0.25) is 0 Å². The van der Waals surface area contributed by atoms with E-state index in [1.165, 1.54) is 12.3 Å². The molecule has 0 bridgehead atoms. The van der Waals surface area contributed by atoms with Crippen molar-refractivity contribution in [2.24, 2.45) is 0 Å². The van der Waals surface area contributed by atoms with Crippen LogP contribution in [0.25, 0.3) is 16.5 Å². The van der Waals surface area contributed by atoms with E-state index in [9.17, 15) is 10.1 Å². The summed E-state index contributed by atoms with van der Waals surface area (Å²) in [6.45, 7) is 0.561. The molecule has 0 saturated carbocycles. The molecule has 0 spiro atoms. The number of rotatable bonds is 5. The Morgan fingerprint density at radius 3 is 2.73 bits per heavy atom. The molecule has 1 N–H and O–H groups in total. The van der Waals surface area contributed by atoms with Crippen LogP contribution in [0.3, 0.4) is 0 Å². The summed E-state index contributed by atoms with van der Waals surface area (Å²) >= 11 is 0. The van der Waals surface area contributed by atoms with E-state index >= 15 is 0 Å². The second kappa shape index (κ2) is 6.64. The Morgan fingerprint density at radius 1 is 1.04 bits per heavy atom. The molecule has 2 aromatic carbocycles. The number of para-hydroxylation sites is 1. The lowest BCUT2D eigenvalue weighted by molar-refractivity contribution is -0.383. The van der Waals surface area contributed by atoms with Crippen LogP contribution < -0.4 is 5.32 Å². The molecule has 0 aliphatic carbocycles. The molecule has 0 radical (unpaired) electrons. The van der Waals surface area contributed by atoms with Gasteiger partial charge in [0.15, 0.2) is 0 Å². The van der Waals surface area contributed by atoms with Gasteiger partial charge < -0.3 is 5.32 Å². The third kappa shape index (κ3) is 2.86. The molecular formula is C19H15N5O2. The Balaban J connectivity index is 1.68. The van der Waals surface area contributed by atoms with Crippen molar-refractivity contribution in [2.75, 3.05) is 5.32 Å². The molecular weight excluding hydrogens is 330 g/mol. The summed E-state index contributed by atoms with van der Waals surface area (Å²) in [5.41, 5.74) is 2.92. The number of anilines is 1. The maximum Gasteiger partial charge on any atom is 0.278 e. The zero-order valence-corrected chi connectivity index (χ0v) is 13.7. The third-order valence-electron chi connectivity index (χ3n) is 4.20. The first-order chi connectivity index (χ1) is 12.7. The van der Waals surface area contributed by atoms with E-state index in [0.717, 1.165) is 22.3 Å². The number of non-ortho nitro benzene ring substituents is 1. The van der Waals surface area contributed by atoms with Crippen LogP contribution in [0.5, 0.6) is 0 Å². The highest BCUT2D eigenvalue weighted by Gasteiger charge is 2.14. The fraction of sp³-hybridized carbons (Fsp3) is 0.0526. The minimum atomic E-state index is -0.388. The monoisotopic (exact) mass is 345 g/mol. The van der Waals surface area contributed by atoms with Crippen molar-refractivity contribution in [2.45, 2.75) is 6.54 Å². The van der Waals surface area contributed by atoms with Gasteiger partial charge in [0, 0.05) is 48.5 Å². The molecule has 0 amide bonds. The van der Waals surface area contributed by atoms with Crippen molar-refractivity contribution in [3.63, 3.8) is 0 Å². The normalized spacial score (nSPS) is 10.8. The fourth-order valence-corrected chi connectivity index (χ4v) is 2.97. The lowest BCUT2D eigenvalue weighted by atomic mass is 10.1. The second-order valence-corrected chi connectivity index (χ2v) is 5.74. The van der Waals surface area contributed by atoms with Crippen molar-refractivity contribution < 1.29 is 4.92 Å². The van der Waals surface area contributed by atoms with Crippen LogP contribution in [0.1, 0.15) is 5.56 Å². The number of nitro groups is 1. The Morgan fingerprint density at radius 2 is 1.92 bits per heavy atom. The molecule has 7 heteroatoms. The molecule has 0 fully saturated rings. The number of fused-ring (bicyclic) bond motifs is 1. The van der Waals surface area contributed by atoms with Gasteiger partial charge in [-0.25, -0.2) is 4.68 Å². The largest absolute Gasteiger partial charge is 0.380 e. The number of pyridine rings is 1. The van der Waals surface area contributed by atoms with Gasteiger partial charge in [0.2, 0.25) is 0 Å². The minimum absolute atomic E-state index is 0.0515. The van der Waals surface area contributed by atoms with Gasteiger partial charge >= 0.3 is 0 Å². The van der Waals surface area contributed by atoms with Gasteiger partial charge in [-0.2, -0.15) is 5.10 Å². The number of benzene rings is 2. The lowest BCUT2D eigenvalue weighted by Crippen LogP contribution is -2.06. The summed E-state index contributed by atoms with van der Waals surface area (Å²) in [7, 11) is 0. The number of hydrogen-bond donors (Lipinski definition) is 1. The van der Waals surface area contributed by atoms with Crippen LogP contribution in [-0.4, -0.2) is 19.7 Å². The number of nitro benzene ring substituents is 1. The molecule has 128 valence electrons. The molecule has 0 aliphatic heterocycles. The summed E-state index contributed by atoms with van der Waals surface area (Å²) in [5.74, 6) is 0. The van der Waals surface area contributed by atoms with E-state index < -0.39 is 0 Å². The second-order valence-electron chi connectivity index (χ2n) is 5.74. The number of nitrogens with zero attached hydrogens (tertiary/aromatic N) is 4. The molecule has 0 aliphatic rings. The molecule has 2 heterocycles. The minimum Gasteiger partial charge on any atom is -0.380 e. The van der Waals surface area contributed by atoms with E-state index in [1.54, 1.807) is 24.5 Å². The number of hydrogen-bond acceptors (Lipinski definition) is 5. The van der Waals surface area contributed by atoms with Crippen LogP contribution >= 0.6 is 0 Å². The Bertz CT molecular complexity index is 1080. The van der Waals surface area contributed by atoms with E-state index in [4.69, 9.17) is 0 Å².